The van der Waals surface area contributed by atoms with Gasteiger partial charge in [-0.1, -0.05) is 12.0 Å². The zero-order chi connectivity index (χ0) is 10.6. The average Bonchev–Trinajstić information content (AvgIpc) is 2.20. The second kappa shape index (κ2) is 4.28. The van der Waals surface area contributed by atoms with Crippen molar-refractivity contribution in [3.8, 4) is 17.6 Å². The lowest BCUT2D eigenvalue weighted by atomic mass is 10.2. The third kappa shape index (κ3) is 2.23. The quantitative estimate of drug-likeness (QED) is 0.496. The van der Waals surface area contributed by atoms with E-state index in [1.807, 2.05) is 0 Å². The Morgan fingerprint density at radius 3 is 2.93 bits per heavy atom. The van der Waals surface area contributed by atoms with Crippen molar-refractivity contribution >= 4 is 5.97 Å². The molecule has 0 bridgehead atoms. The van der Waals surface area contributed by atoms with Crippen LogP contribution >= 0.6 is 0 Å². The molecule has 0 unspecified atom stereocenters. The van der Waals surface area contributed by atoms with E-state index in [9.17, 15) is 9.18 Å². The Morgan fingerprint density at radius 1 is 1.57 bits per heavy atom. The van der Waals surface area contributed by atoms with Crippen molar-refractivity contribution in [2.75, 3.05) is 7.11 Å². The van der Waals surface area contributed by atoms with Gasteiger partial charge in [0, 0.05) is 5.92 Å². The normalized spacial score (nSPS) is 8.71. The molecule has 0 fully saturated rings. The van der Waals surface area contributed by atoms with E-state index in [1.165, 1.54) is 25.3 Å². The number of rotatable bonds is 0. The van der Waals surface area contributed by atoms with Crippen LogP contribution in [0.3, 0.4) is 0 Å². The maximum Gasteiger partial charge on any atom is 0.384 e. The molecule has 14 heavy (non-hydrogen) atoms. The van der Waals surface area contributed by atoms with Crippen LogP contribution in [0.5, 0.6) is 5.75 Å². The molecule has 0 heterocycles. The SMILES string of the molecule is COC(=O)C#Cc1cccc(O)c1F. The van der Waals surface area contributed by atoms with E-state index in [2.05, 4.69) is 16.6 Å². The molecule has 1 N–H and O–H groups in total. The molecule has 0 aromatic heterocycles. The van der Waals surface area contributed by atoms with E-state index in [0.717, 1.165) is 0 Å². The Morgan fingerprint density at radius 2 is 2.29 bits per heavy atom. The number of ether oxygens (including phenoxy) is 1. The summed E-state index contributed by atoms with van der Waals surface area (Å²) in [5.41, 5.74) is -0.0459. The van der Waals surface area contributed by atoms with Gasteiger partial charge in [0.15, 0.2) is 11.6 Å². The molecule has 0 aliphatic carbocycles. The fourth-order valence-electron chi connectivity index (χ4n) is 0.786. The molecular formula is C10H7FO3. The standard InChI is InChI=1S/C10H7FO3/c1-14-9(13)6-5-7-3-2-4-8(12)10(7)11/h2-4,12H,1H3. The van der Waals surface area contributed by atoms with Crippen molar-refractivity contribution in [1.82, 2.24) is 0 Å². The average molecular weight is 194 g/mol. The van der Waals surface area contributed by atoms with Crippen molar-refractivity contribution < 1.29 is 19.0 Å². The number of benzene rings is 1. The summed E-state index contributed by atoms with van der Waals surface area (Å²) < 4.78 is 17.3. The summed E-state index contributed by atoms with van der Waals surface area (Å²) >= 11 is 0. The molecule has 0 spiro atoms. The fourth-order valence-corrected chi connectivity index (χ4v) is 0.786. The number of methoxy groups -OCH3 is 1. The van der Waals surface area contributed by atoms with E-state index >= 15 is 0 Å². The zero-order valence-electron chi connectivity index (χ0n) is 7.37. The van der Waals surface area contributed by atoms with E-state index in [-0.39, 0.29) is 5.56 Å². The van der Waals surface area contributed by atoms with Crippen LogP contribution in [0.25, 0.3) is 0 Å². The van der Waals surface area contributed by atoms with E-state index < -0.39 is 17.5 Å². The topological polar surface area (TPSA) is 46.5 Å². The lowest BCUT2D eigenvalue weighted by Crippen LogP contribution is -1.95. The monoisotopic (exact) mass is 194 g/mol. The molecule has 0 amide bonds. The van der Waals surface area contributed by atoms with Gasteiger partial charge in [0.1, 0.15) is 0 Å². The van der Waals surface area contributed by atoms with Gasteiger partial charge in [-0.25, -0.2) is 9.18 Å². The molecule has 3 nitrogen and oxygen atoms in total. The number of esters is 1. The van der Waals surface area contributed by atoms with Gasteiger partial charge in [-0.3, -0.25) is 0 Å². The smallest absolute Gasteiger partial charge is 0.384 e. The van der Waals surface area contributed by atoms with Gasteiger partial charge < -0.3 is 9.84 Å². The fraction of sp³-hybridized carbons (Fsp3) is 0.100. The number of phenols is 1. The first-order chi connectivity index (χ1) is 6.65. The van der Waals surface area contributed by atoms with Crippen LogP contribution in [0.1, 0.15) is 5.56 Å². The summed E-state index contributed by atoms with van der Waals surface area (Å²) in [6, 6.07) is 3.98. The van der Waals surface area contributed by atoms with Crippen LogP contribution in [0.2, 0.25) is 0 Å². The minimum absolute atomic E-state index is 0.0459. The molecule has 0 saturated carbocycles. The first kappa shape index (κ1) is 10.1. The highest BCUT2D eigenvalue weighted by molar-refractivity contribution is 5.89. The molecule has 0 atom stereocenters. The number of phenolic OH excluding ortho intramolecular Hbond substituents is 1. The number of carbonyl (C=O) groups excluding carboxylic acids is 1. The van der Waals surface area contributed by atoms with E-state index in [0.29, 0.717) is 0 Å². The van der Waals surface area contributed by atoms with Crippen molar-refractivity contribution in [1.29, 1.82) is 0 Å². The number of aromatic hydroxyl groups is 1. The maximum absolute atomic E-state index is 13.1. The first-order valence-corrected chi connectivity index (χ1v) is 3.72. The highest BCUT2D eigenvalue weighted by Crippen LogP contribution is 2.17. The molecule has 1 rings (SSSR count). The molecular weight excluding hydrogens is 187 g/mol. The van der Waals surface area contributed by atoms with Crippen LogP contribution in [0, 0.1) is 17.7 Å². The lowest BCUT2D eigenvalue weighted by Gasteiger charge is -1.95. The minimum atomic E-state index is -0.844. The number of halogens is 1. The molecule has 0 aliphatic heterocycles. The highest BCUT2D eigenvalue weighted by Gasteiger charge is 2.03. The lowest BCUT2D eigenvalue weighted by molar-refractivity contribution is -0.133. The highest BCUT2D eigenvalue weighted by atomic mass is 19.1. The summed E-state index contributed by atoms with van der Waals surface area (Å²) in [6.07, 6.45) is 0. The largest absolute Gasteiger partial charge is 0.505 e. The second-order valence-electron chi connectivity index (χ2n) is 2.38. The summed E-state index contributed by atoms with van der Waals surface area (Å²) in [7, 11) is 1.18. The van der Waals surface area contributed by atoms with Crippen LogP contribution in [0.15, 0.2) is 18.2 Å². The van der Waals surface area contributed by atoms with E-state index in [4.69, 9.17) is 5.11 Å². The second-order valence-corrected chi connectivity index (χ2v) is 2.38. The molecule has 72 valence electrons. The summed E-state index contributed by atoms with van der Waals surface area (Å²) in [5, 5.41) is 8.96. The molecule has 0 saturated heterocycles. The van der Waals surface area contributed by atoms with Crippen LogP contribution < -0.4 is 0 Å². The third-order valence-electron chi connectivity index (χ3n) is 1.46. The first-order valence-electron chi connectivity index (χ1n) is 3.72. The molecule has 1 aromatic carbocycles. The third-order valence-corrected chi connectivity index (χ3v) is 1.46. The molecule has 0 aliphatic rings. The molecule has 4 heteroatoms. The van der Waals surface area contributed by atoms with Gasteiger partial charge in [0.2, 0.25) is 0 Å². The van der Waals surface area contributed by atoms with Crippen LogP contribution in [-0.2, 0) is 9.53 Å². The van der Waals surface area contributed by atoms with Gasteiger partial charge in [-0.05, 0) is 12.1 Å². The van der Waals surface area contributed by atoms with Gasteiger partial charge in [0.25, 0.3) is 0 Å². The summed E-state index contributed by atoms with van der Waals surface area (Å²) in [5.74, 6) is 2.20. The maximum atomic E-state index is 13.1. The Hall–Kier alpha value is -2.02. The predicted octanol–water partition coefficient (Wildman–Crippen LogP) is 1.06. The van der Waals surface area contributed by atoms with Gasteiger partial charge >= 0.3 is 5.97 Å². The predicted molar refractivity (Wildman–Crippen MR) is 47.0 cm³/mol. The van der Waals surface area contributed by atoms with Crippen molar-refractivity contribution in [2.24, 2.45) is 0 Å². The van der Waals surface area contributed by atoms with Gasteiger partial charge in [-0.2, -0.15) is 0 Å². The van der Waals surface area contributed by atoms with Crippen molar-refractivity contribution in [2.45, 2.75) is 0 Å². The van der Waals surface area contributed by atoms with E-state index in [1.54, 1.807) is 0 Å². The minimum Gasteiger partial charge on any atom is -0.505 e. The number of hydrogen-bond donors (Lipinski definition) is 1. The van der Waals surface area contributed by atoms with Crippen molar-refractivity contribution in [3.63, 3.8) is 0 Å². The Balaban J connectivity index is 3.01. The number of hydrogen-bond acceptors (Lipinski definition) is 3. The zero-order valence-corrected chi connectivity index (χ0v) is 7.37. The van der Waals surface area contributed by atoms with Crippen molar-refractivity contribution in [3.05, 3.63) is 29.6 Å². The van der Waals surface area contributed by atoms with Gasteiger partial charge in [0.05, 0.1) is 12.7 Å². The molecule has 0 radical (unpaired) electrons. The van der Waals surface area contributed by atoms with Gasteiger partial charge in [-0.15, -0.1) is 0 Å². The Bertz CT molecular complexity index is 415. The molecule has 1 aromatic rings. The van der Waals surface area contributed by atoms with Crippen LogP contribution in [-0.4, -0.2) is 18.2 Å². The number of carbonyl (C=O) groups is 1. The summed E-state index contributed by atoms with van der Waals surface area (Å²) in [4.78, 5) is 10.6. The Kier molecular flexibility index (Phi) is 3.08. The van der Waals surface area contributed by atoms with Crippen LogP contribution in [0.4, 0.5) is 4.39 Å². The Labute approximate surface area is 80.1 Å². The summed E-state index contributed by atoms with van der Waals surface area (Å²) in [6.45, 7) is 0.